The lowest BCUT2D eigenvalue weighted by molar-refractivity contribution is 0.432. The molecular weight excluding hydrogens is 255 g/mol. The number of aromatic nitrogens is 2. The molecule has 94 valence electrons. The average Bonchev–Trinajstić information content (AvgIpc) is 2.32. The van der Waals surface area contributed by atoms with Gasteiger partial charge in [0.15, 0.2) is 17.4 Å². The van der Waals surface area contributed by atoms with Gasteiger partial charge in [0.1, 0.15) is 5.15 Å². The van der Waals surface area contributed by atoms with Gasteiger partial charge < -0.3 is 5.11 Å². The summed E-state index contributed by atoms with van der Waals surface area (Å²) in [5.41, 5.74) is 2.15. The van der Waals surface area contributed by atoms with E-state index in [1.165, 1.54) is 12.1 Å². The van der Waals surface area contributed by atoms with Crippen molar-refractivity contribution in [3.05, 3.63) is 40.4 Å². The van der Waals surface area contributed by atoms with Crippen molar-refractivity contribution in [2.45, 2.75) is 20.3 Å². The van der Waals surface area contributed by atoms with E-state index in [1.807, 2.05) is 13.8 Å². The summed E-state index contributed by atoms with van der Waals surface area (Å²) in [6.45, 7) is 3.81. The number of hydrogen-bond donors (Lipinski definition) is 1. The molecule has 5 heteroatoms. The second-order valence-electron chi connectivity index (χ2n) is 3.92. The Morgan fingerprint density at radius 2 is 2.06 bits per heavy atom. The Balaban J connectivity index is 2.54. The smallest absolute Gasteiger partial charge is 0.165 e. The third-order valence-electron chi connectivity index (χ3n) is 2.72. The van der Waals surface area contributed by atoms with Crippen molar-refractivity contribution in [3.63, 3.8) is 0 Å². The zero-order valence-corrected chi connectivity index (χ0v) is 10.8. The molecule has 1 N–H and O–H groups in total. The monoisotopic (exact) mass is 266 g/mol. The molecule has 0 bridgehead atoms. The lowest BCUT2D eigenvalue weighted by atomic mass is 10.1. The van der Waals surface area contributed by atoms with E-state index in [2.05, 4.69) is 9.97 Å². The van der Waals surface area contributed by atoms with Crippen LogP contribution in [0.15, 0.2) is 18.2 Å². The minimum Gasteiger partial charge on any atom is -0.505 e. The number of aryl methyl sites for hydroxylation is 1. The van der Waals surface area contributed by atoms with Crippen LogP contribution in [0.4, 0.5) is 4.39 Å². The van der Waals surface area contributed by atoms with E-state index < -0.39 is 11.6 Å². The van der Waals surface area contributed by atoms with Crippen molar-refractivity contribution in [3.8, 4) is 17.1 Å². The zero-order valence-electron chi connectivity index (χ0n) is 10.0. The predicted molar refractivity (Wildman–Crippen MR) is 68.2 cm³/mol. The zero-order chi connectivity index (χ0) is 13.3. The van der Waals surface area contributed by atoms with E-state index >= 15 is 0 Å². The molecule has 0 amide bonds. The summed E-state index contributed by atoms with van der Waals surface area (Å²) in [6, 6.07) is 4.01. The van der Waals surface area contributed by atoms with Gasteiger partial charge in [0, 0.05) is 16.8 Å². The Labute approximate surface area is 109 Å². The van der Waals surface area contributed by atoms with Gasteiger partial charge in [0.05, 0.1) is 0 Å². The lowest BCUT2D eigenvalue weighted by Crippen LogP contribution is -1.99. The molecule has 0 fully saturated rings. The maximum atomic E-state index is 13.3. The Hall–Kier alpha value is -1.68. The van der Waals surface area contributed by atoms with Gasteiger partial charge in [-0.25, -0.2) is 14.4 Å². The van der Waals surface area contributed by atoms with E-state index in [-0.39, 0.29) is 0 Å². The molecular formula is C13H12ClFN2O. The van der Waals surface area contributed by atoms with Crippen LogP contribution in [-0.4, -0.2) is 15.1 Å². The number of phenols is 1. The standard InChI is InChI=1S/C13H12ClFN2O/c1-3-9-7(2)16-13(17-12(9)14)8-4-5-11(18)10(15)6-8/h4-6,18H,3H2,1-2H3. The number of benzene rings is 1. The van der Waals surface area contributed by atoms with E-state index in [1.54, 1.807) is 6.07 Å². The van der Waals surface area contributed by atoms with E-state index in [0.29, 0.717) is 16.5 Å². The lowest BCUT2D eigenvalue weighted by Gasteiger charge is -2.08. The van der Waals surface area contributed by atoms with Crippen molar-refractivity contribution in [2.24, 2.45) is 0 Å². The molecule has 0 saturated heterocycles. The maximum absolute atomic E-state index is 13.3. The van der Waals surface area contributed by atoms with Gasteiger partial charge in [-0.2, -0.15) is 0 Å². The molecule has 0 radical (unpaired) electrons. The first-order valence-corrected chi connectivity index (χ1v) is 5.92. The average molecular weight is 267 g/mol. The van der Waals surface area contributed by atoms with Gasteiger partial charge in [-0.05, 0) is 31.5 Å². The number of halogens is 2. The first-order valence-electron chi connectivity index (χ1n) is 5.54. The quantitative estimate of drug-likeness (QED) is 0.846. The van der Waals surface area contributed by atoms with E-state index in [9.17, 15) is 4.39 Å². The Morgan fingerprint density at radius 1 is 1.33 bits per heavy atom. The molecule has 0 saturated carbocycles. The first-order chi connectivity index (χ1) is 8.52. The third-order valence-corrected chi connectivity index (χ3v) is 3.04. The summed E-state index contributed by atoms with van der Waals surface area (Å²) in [7, 11) is 0. The molecule has 0 aliphatic heterocycles. The van der Waals surface area contributed by atoms with Crippen molar-refractivity contribution in [2.75, 3.05) is 0 Å². The summed E-state index contributed by atoms with van der Waals surface area (Å²) >= 11 is 6.06. The maximum Gasteiger partial charge on any atom is 0.165 e. The van der Waals surface area contributed by atoms with Crippen molar-refractivity contribution >= 4 is 11.6 Å². The van der Waals surface area contributed by atoms with Crippen molar-refractivity contribution < 1.29 is 9.50 Å². The van der Waals surface area contributed by atoms with Gasteiger partial charge in [0.2, 0.25) is 0 Å². The molecule has 1 aromatic carbocycles. The number of phenolic OH excluding ortho intramolecular Hbond substituents is 1. The first kappa shape index (κ1) is 12.8. The minimum atomic E-state index is -0.704. The van der Waals surface area contributed by atoms with Gasteiger partial charge in [0.25, 0.3) is 0 Å². The second-order valence-corrected chi connectivity index (χ2v) is 4.28. The Morgan fingerprint density at radius 3 is 2.61 bits per heavy atom. The van der Waals surface area contributed by atoms with Crippen LogP contribution in [0.3, 0.4) is 0 Å². The molecule has 2 aromatic rings. The minimum absolute atomic E-state index is 0.355. The highest BCUT2D eigenvalue weighted by molar-refractivity contribution is 6.30. The van der Waals surface area contributed by atoms with Crippen LogP contribution in [0.5, 0.6) is 5.75 Å². The van der Waals surface area contributed by atoms with Gasteiger partial charge in [-0.1, -0.05) is 18.5 Å². The van der Waals surface area contributed by atoms with Crippen LogP contribution < -0.4 is 0 Å². The van der Waals surface area contributed by atoms with Crippen LogP contribution in [0.1, 0.15) is 18.2 Å². The van der Waals surface area contributed by atoms with E-state index in [0.717, 1.165) is 17.7 Å². The van der Waals surface area contributed by atoms with E-state index in [4.69, 9.17) is 16.7 Å². The summed E-state index contributed by atoms with van der Waals surface area (Å²) in [6.07, 6.45) is 0.745. The fourth-order valence-electron chi connectivity index (χ4n) is 1.74. The Kier molecular flexibility index (Phi) is 3.48. The van der Waals surface area contributed by atoms with Crippen LogP contribution in [-0.2, 0) is 6.42 Å². The molecule has 0 atom stereocenters. The number of hydrogen-bond acceptors (Lipinski definition) is 3. The molecule has 0 aliphatic carbocycles. The third kappa shape index (κ3) is 2.29. The van der Waals surface area contributed by atoms with Crippen molar-refractivity contribution in [1.29, 1.82) is 0 Å². The summed E-state index contributed by atoms with van der Waals surface area (Å²) < 4.78 is 13.3. The number of rotatable bonds is 2. The highest BCUT2D eigenvalue weighted by atomic mass is 35.5. The molecule has 18 heavy (non-hydrogen) atoms. The fraction of sp³-hybridized carbons (Fsp3) is 0.231. The molecule has 1 aromatic heterocycles. The Bertz CT molecular complexity index is 579. The number of nitrogens with zero attached hydrogens (tertiary/aromatic N) is 2. The summed E-state index contributed by atoms with van der Waals surface area (Å²) in [5.74, 6) is -0.746. The molecule has 2 rings (SSSR count). The number of aromatic hydroxyl groups is 1. The molecule has 0 spiro atoms. The van der Waals surface area contributed by atoms with Crippen LogP contribution in [0.2, 0.25) is 5.15 Å². The summed E-state index contributed by atoms with van der Waals surface area (Å²) in [5, 5.41) is 9.52. The molecule has 1 heterocycles. The van der Waals surface area contributed by atoms with Gasteiger partial charge >= 0.3 is 0 Å². The molecule has 3 nitrogen and oxygen atoms in total. The van der Waals surface area contributed by atoms with Crippen LogP contribution >= 0.6 is 11.6 Å². The van der Waals surface area contributed by atoms with Gasteiger partial charge in [-0.15, -0.1) is 0 Å². The van der Waals surface area contributed by atoms with Crippen molar-refractivity contribution in [1.82, 2.24) is 9.97 Å². The predicted octanol–water partition coefficient (Wildman–Crippen LogP) is 3.51. The van der Waals surface area contributed by atoms with Crippen LogP contribution in [0.25, 0.3) is 11.4 Å². The van der Waals surface area contributed by atoms with Gasteiger partial charge in [-0.3, -0.25) is 0 Å². The van der Waals surface area contributed by atoms with Crippen LogP contribution in [0, 0.1) is 12.7 Å². The summed E-state index contributed by atoms with van der Waals surface area (Å²) in [4.78, 5) is 8.45. The SMILES string of the molecule is CCc1c(C)nc(-c2ccc(O)c(F)c2)nc1Cl. The molecule has 0 aliphatic rings. The normalized spacial score (nSPS) is 10.7. The second kappa shape index (κ2) is 4.90. The largest absolute Gasteiger partial charge is 0.505 e. The highest BCUT2D eigenvalue weighted by Crippen LogP contribution is 2.25. The topological polar surface area (TPSA) is 46.0 Å². The molecule has 0 unspecified atom stereocenters. The highest BCUT2D eigenvalue weighted by Gasteiger charge is 2.11. The fourth-order valence-corrected chi connectivity index (χ4v) is 2.09.